The molecule has 5 rings (SSSR count). The fourth-order valence-corrected chi connectivity index (χ4v) is 3.97. The molecule has 2 aromatic heterocycles. The summed E-state index contributed by atoms with van der Waals surface area (Å²) in [4.78, 5) is 3.99. The van der Waals surface area contributed by atoms with Crippen LogP contribution in [0.3, 0.4) is 0 Å². The molecule has 0 aliphatic carbocycles. The van der Waals surface area contributed by atoms with Crippen LogP contribution in [0.2, 0.25) is 0 Å². The SMILES string of the molecule is Fc1cccc(F)c1Oc1ccc(-n2nc(C3CCCNC3)c3c(F)cncc32)cc1. The first-order valence-corrected chi connectivity index (χ1v) is 10.1. The third kappa shape index (κ3) is 3.63. The van der Waals surface area contributed by atoms with Gasteiger partial charge >= 0.3 is 0 Å². The van der Waals surface area contributed by atoms with Crippen LogP contribution in [0, 0.1) is 17.5 Å². The highest BCUT2D eigenvalue weighted by Gasteiger charge is 2.24. The maximum atomic E-state index is 14.7. The molecule has 0 radical (unpaired) electrons. The van der Waals surface area contributed by atoms with Crippen molar-refractivity contribution < 1.29 is 17.9 Å². The summed E-state index contributed by atoms with van der Waals surface area (Å²) in [6.45, 7) is 1.69. The van der Waals surface area contributed by atoms with E-state index in [1.165, 1.54) is 12.3 Å². The molecule has 1 aliphatic rings. The Bertz CT molecular complexity index is 1210. The molecule has 1 unspecified atom stereocenters. The molecule has 31 heavy (non-hydrogen) atoms. The zero-order chi connectivity index (χ0) is 21.4. The van der Waals surface area contributed by atoms with Gasteiger partial charge in [0.05, 0.1) is 34.7 Å². The van der Waals surface area contributed by atoms with Crippen LogP contribution in [0.15, 0.2) is 54.9 Å². The molecule has 8 heteroatoms. The summed E-state index contributed by atoms with van der Waals surface area (Å²) in [5.41, 5.74) is 1.93. The number of pyridine rings is 1. The van der Waals surface area contributed by atoms with Gasteiger partial charge in [0, 0.05) is 12.5 Å². The van der Waals surface area contributed by atoms with Gasteiger partial charge in [0.15, 0.2) is 23.2 Å². The number of piperidine rings is 1. The van der Waals surface area contributed by atoms with Gasteiger partial charge in [-0.15, -0.1) is 0 Å². The van der Waals surface area contributed by atoms with Crippen molar-refractivity contribution >= 4 is 10.9 Å². The third-order valence-corrected chi connectivity index (χ3v) is 5.48. The highest BCUT2D eigenvalue weighted by Crippen LogP contribution is 2.33. The van der Waals surface area contributed by atoms with E-state index < -0.39 is 23.2 Å². The molecule has 0 bridgehead atoms. The normalized spacial score (nSPS) is 16.5. The minimum Gasteiger partial charge on any atom is -0.451 e. The zero-order valence-corrected chi connectivity index (χ0v) is 16.5. The predicted octanol–water partition coefficient (Wildman–Crippen LogP) is 5.10. The number of benzene rings is 2. The smallest absolute Gasteiger partial charge is 0.198 e. The highest BCUT2D eigenvalue weighted by molar-refractivity contribution is 5.83. The Kier molecular flexibility index (Phi) is 5.07. The number of hydrogen-bond donors (Lipinski definition) is 1. The van der Waals surface area contributed by atoms with E-state index in [9.17, 15) is 13.2 Å². The Morgan fingerprint density at radius 2 is 1.74 bits per heavy atom. The Hall–Kier alpha value is -3.39. The van der Waals surface area contributed by atoms with Gasteiger partial charge in [0.25, 0.3) is 0 Å². The first-order valence-electron chi connectivity index (χ1n) is 10.1. The lowest BCUT2D eigenvalue weighted by Crippen LogP contribution is -2.28. The van der Waals surface area contributed by atoms with Crippen molar-refractivity contribution in [3.05, 3.63) is 78.0 Å². The van der Waals surface area contributed by atoms with E-state index in [1.54, 1.807) is 35.1 Å². The van der Waals surface area contributed by atoms with Crippen LogP contribution in [0.25, 0.3) is 16.6 Å². The van der Waals surface area contributed by atoms with Gasteiger partial charge in [-0.05, 0) is 55.8 Å². The monoisotopic (exact) mass is 424 g/mol. The second kappa shape index (κ2) is 8.03. The van der Waals surface area contributed by atoms with Crippen molar-refractivity contribution in [3.8, 4) is 17.2 Å². The van der Waals surface area contributed by atoms with Crippen molar-refractivity contribution in [3.63, 3.8) is 0 Å². The first kappa shape index (κ1) is 19.6. The van der Waals surface area contributed by atoms with Crippen molar-refractivity contribution in [2.45, 2.75) is 18.8 Å². The first-order chi connectivity index (χ1) is 15.1. The van der Waals surface area contributed by atoms with Gasteiger partial charge in [-0.1, -0.05) is 6.07 Å². The van der Waals surface area contributed by atoms with Gasteiger partial charge in [0.1, 0.15) is 5.75 Å². The summed E-state index contributed by atoms with van der Waals surface area (Å²) < 4.78 is 49.4. The van der Waals surface area contributed by atoms with Gasteiger partial charge in [-0.3, -0.25) is 4.98 Å². The Morgan fingerprint density at radius 1 is 0.968 bits per heavy atom. The average Bonchev–Trinajstić information content (AvgIpc) is 3.19. The van der Waals surface area contributed by atoms with Crippen LogP contribution in [0.4, 0.5) is 13.2 Å². The van der Waals surface area contributed by atoms with E-state index in [-0.39, 0.29) is 11.7 Å². The highest BCUT2D eigenvalue weighted by atomic mass is 19.1. The molecule has 2 aromatic carbocycles. The maximum absolute atomic E-state index is 14.7. The number of fused-ring (bicyclic) bond motifs is 1. The van der Waals surface area contributed by atoms with Crippen LogP contribution in [-0.2, 0) is 0 Å². The van der Waals surface area contributed by atoms with Gasteiger partial charge in [-0.25, -0.2) is 17.9 Å². The van der Waals surface area contributed by atoms with Crippen LogP contribution in [0.1, 0.15) is 24.5 Å². The number of nitrogens with zero attached hydrogens (tertiary/aromatic N) is 3. The number of halogens is 3. The number of rotatable bonds is 4. The van der Waals surface area contributed by atoms with E-state index >= 15 is 0 Å². The van der Waals surface area contributed by atoms with Gasteiger partial charge in [0.2, 0.25) is 0 Å². The summed E-state index contributed by atoms with van der Waals surface area (Å²) in [5.74, 6) is -2.05. The Morgan fingerprint density at radius 3 is 2.45 bits per heavy atom. The van der Waals surface area contributed by atoms with E-state index in [2.05, 4.69) is 10.3 Å². The molecule has 1 saturated heterocycles. The summed E-state index contributed by atoms with van der Waals surface area (Å²) in [7, 11) is 0. The van der Waals surface area contributed by atoms with Gasteiger partial charge in [-0.2, -0.15) is 5.10 Å². The fourth-order valence-electron chi connectivity index (χ4n) is 3.97. The Balaban J connectivity index is 1.52. The molecular weight excluding hydrogens is 405 g/mol. The van der Waals surface area contributed by atoms with Gasteiger partial charge < -0.3 is 10.1 Å². The quantitative estimate of drug-likeness (QED) is 0.495. The lowest BCUT2D eigenvalue weighted by Gasteiger charge is -2.21. The minimum absolute atomic E-state index is 0.112. The second-order valence-electron chi connectivity index (χ2n) is 7.50. The van der Waals surface area contributed by atoms with Crippen LogP contribution in [0.5, 0.6) is 11.5 Å². The minimum atomic E-state index is -0.783. The van der Waals surface area contributed by atoms with E-state index in [0.29, 0.717) is 22.3 Å². The summed E-state index contributed by atoms with van der Waals surface area (Å²) in [6.07, 6.45) is 4.73. The molecule has 0 saturated carbocycles. The molecule has 0 spiro atoms. The van der Waals surface area contributed by atoms with Crippen molar-refractivity contribution in [2.24, 2.45) is 0 Å². The molecule has 1 fully saturated rings. The van der Waals surface area contributed by atoms with E-state index in [0.717, 1.165) is 38.1 Å². The summed E-state index contributed by atoms with van der Waals surface area (Å²) >= 11 is 0. The van der Waals surface area contributed by atoms with E-state index in [4.69, 9.17) is 9.84 Å². The van der Waals surface area contributed by atoms with Crippen molar-refractivity contribution in [1.82, 2.24) is 20.1 Å². The molecule has 1 atom stereocenters. The zero-order valence-electron chi connectivity index (χ0n) is 16.5. The lowest BCUT2D eigenvalue weighted by molar-refractivity contribution is 0.407. The van der Waals surface area contributed by atoms with E-state index in [1.807, 2.05) is 0 Å². The lowest BCUT2D eigenvalue weighted by atomic mass is 9.94. The Labute approximate surface area is 176 Å². The average molecular weight is 424 g/mol. The van der Waals surface area contributed by atoms with Crippen LogP contribution >= 0.6 is 0 Å². The maximum Gasteiger partial charge on any atom is 0.198 e. The third-order valence-electron chi connectivity index (χ3n) is 5.48. The van der Waals surface area contributed by atoms with Crippen LogP contribution in [-0.4, -0.2) is 27.9 Å². The number of aromatic nitrogens is 3. The number of hydrogen-bond acceptors (Lipinski definition) is 4. The fraction of sp³-hybridized carbons (Fsp3) is 0.217. The van der Waals surface area contributed by atoms with Crippen molar-refractivity contribution in [2.75, 3.05) is 13.1 Å². The molecule has 1 aliphatic heterocycles. The summed E-state index contributed by atoms with van der Waals surface area (Å²) in [6, 6.07) is 10.1. The molecule has 1 N–H and O–H groups in total. The molecule has 4 aromatic rings. The molecule has 158 valence electrons. The predicted molar refractivity (Wildman–Crippen MR) is 110 cm³/mol. The number of ether oxygens (including phenoxy) is 1. The number of nitrogens with one attached hydrogen (secondary N) is 1. The van der Waals surface area contributed by atoms with Crippen molar-refractivity contribution in [1.29, 1.82) is 0 Å². The molecule has 0 amide bonds. The molecule has 5 nitrogen and oxygen atoms in total. The summed E-state index contributed by atoms with van der Waals surface area (Å²) in [5, 5.41) is 8.53. The molecular formula is C23H19F3N4O. The largest absolute Gasteiger partial charge is 0.451 e. The number of para-hydroxylation sites is 1. The standard InChI is InChI=1S/C23H19F3N4O/c24-17-4-1-5-18(25)23(17)31-16-8-6-15(7-9-16)30-20-13-28-12-19(26)21(20)22(29-30)14-3-2-10-27-11-14/h1,4-9,12-14,27H,2-3,10-11H2. The van der Waals surface area contributed by atoms with Crippen LogP contribution < -0.4 is 10.1 Å². The second-order valence-corrected chi connectivity index (χ2v) is 7.50. The molecule has 3 heterocycles. The topological polar surface area (TPSA) is 52.0 Å².